The summed E-state index contributed by atoms with van der Waals surface area (Å²) < 4.78 is 13.6. The average Bonchev–Trinajstić information content (AvgIpc) is 4.01. The van der Waals surface area contributed by atoms with E-state index in [0.717, 1.165) is 109 Å². The molecule has 1 spiro atoms. The molecule has 1 N–H and O–H groups in total. The van der Waals surface area contributed by atoms with Crippen LogP contribution < -0.4 is 25.2 Å². The number of ether oxygens (including phenoxy) is 2. The van der Waals surface area contributed by atoms with E-state index < -0.39 is 6.04 Å². The smallest absolute Gasteiger partial charge is 0.260 e. The maximum Gasteiger partial charge on any atom is 0.260 e. The number of anilines is 1. The minimum atomic E-state index is -0.672. The fourth-order valence-electron chi connectivity index (χ4n) is 8.79. The molecule has 0 bridgehead atoms. The molecule has 2 amide bonds. The predicted molar refractivity (Wildman–Crippen MR) is 214 cm³/mol. The largest absolute Gasteiger partial charge is 0.496 e. The van der Waals surface area contributed by atoms with E-state index in [1.807, 2.05) is 18.3 Å². The van der Waals surface area contributed by atoms with Crippen molar-refractivity contribution in [3.05, 3.63) is 81.5 Å². The third-order valence-corrected chi connectivity index (χ3v) is 12.5. The molecule has 5 heterocycles. The zero-order valence-corrected chi connectivity index (χ0v) is 32.6. The molecule has 4 aliphatic rings. The molecular weight excluding hydrogens is 717 g/mol. The lowest BCUT2D eigenvalue weighted by atomic mass is 9.71. The van der Waals surface area contributed by atoms with Crippen molar-refractivity contribution >= 4 is 47.2 Å². The van der Waals surface area contributed by atoms with Crippen LogP contribution >= 0.6 is 12.6 Å². The lowest BCUT2D eigenvalue weighted by molar-refractivity contribution is -0.125. The highest BCUT2D eigenvalue weighted by atomic mass is 32.1. The van der Waals surface area contributed by atoms with Crippen molar-refractivity contribution in [3.8, 4) is 22.6 Å². The molecule has 12 nitrogen and oxygen atoms in total. The standard InChI is InChI=1S/C42H48N6O6S/c1-43-39(50)36(5-4-14-49)48-20-27-8-9-29(17-30(27)41(48)52)47-23-42(24-47)10-12-45(13-11-42)21-34-37(53-2)15-28(16-38(34)54-3)33-22-46(25-55)40(51)32-19-44-35(18-31(32)33)26-6-7-26/h8-9,14-19,22,26,36,55H,4-7,10-13,20-21,23-25H2,1-3H3,(H,43,50). The number of piperidine rings is 1. The number of hydrogen-bond acceptors (Lipinski definition) is 10. The Bertz CT molecular complexity index is 2200. The Labute approximate surface area is 326 Å². The van der Waals surface area contributed by atoms with Gasteiger partial charge in [0, 0.05) is 85.9 Å². The number of carbonyl (C=O) groups excluding carboxylic acids is 3. The maximum absolute atomic E-state index is 13.5. The van der Waals surface area contributed by atoms with Crippen molar-refractivity contribution in [1.29, 1.82) is 0 Å². The number of aldehydes is 1. The molecule has 3 fully saturated rings. The molecule has 55 heavy (non-hydrogen) atoms. The van der Waals surface area contributed by atoms with Gasteiger partial charge in [0.1, 0.15) is 23.8 Å². The Morgan fingerprint density at radius 2 is 1.76 bits per heavy atom. The summed E-state index contributed by atoms with van der Waals surface area (Å²) in [5.74, 6) is 1.78. The van der Waals surface area contributed by atoms with Crippen LogP contribution in [0.25, 0.3) is 21.9 Å². The van der Waals surface area contributed by atoms with Gasteiger partial charge in [-0.05, 0) is 92.0 Å². The predicted octanol–water partition coefficient (Wildman–Crippen LogP) is 5.00. The number of nitrogens with zero attached hydrogens (tertiary/aromatic N) is 5. The molecule has 4 aromatic rings. The number of methoxy groups -OCH3 is 2. The Morgan fingerprint density at radius 3 is 2.40 bits per heavy atom. The summed E-state index contributed by atoms with van der Waals surface area (Å²) in [6.07, 6.45) is 9.27. The highest BCUT2D eigenvalue weighted by Gasteiger charge is 2.45. The summed E-state index contributed by atoms with van der Waals surface area (Å²) in [6, 6.07) is 11.6. The fraction of sp³-hybridized carbons (Fsp3) is 0.452. The van der Waals surface area contributed by atoms with Crippen LogP contribution in [-0.2, 0) is 28.6 Å². The van der Waals surface area contributed by atoms with Crippen molar-refractivity contribution in [2.45, 2.75) is 69.5 Å². The van der Waals surface area contributed by atoms with E-state index in [4.69, 9.17) is 9.47 Å². The summed E-state index contributed by atoms with van der Waals surface area (Å²) in [7, 11) is 4.93. The molecule has 1 aliphatic carbocycles. The van der Waals surface area contributed by atoms with Gasteiger partial charge in [0.2, 0.25) is 5.91 Å². The summed E-state index contributed by atoms with van der Waals surface area (Å²) in [5, 5.41) is 4.10. The number of benzene rings is 2. The van der Waals surface area contributed by atoms with Gasteiger partial charge in [0.25, 0.3) is 11.5 Å². The number of aromatic nitrogens is 2. The molecule has 3 aliphatic heterocycles. The molecular formula is C42H48N6O6S. The maximum atomic E-state index is 13.5. The minimum absolute atomic E-state index is 0.105. The fourth-order valence-corrected chi connectivity index (χ4v) is 9.00. The van der Waals surface area contributed by atoms with E-state index in [-0.39, 0.29) is 35.1 Å². The molecule has 1 atom stereocenters. The number of hydrogen-bond donors (Lipinski definition) is 2. The monoisotopic (exact) mass is 764 g/mol. The highest BCUT2D eigenvalue weighted by molar-refractivity contribution is 7.79. The summed E-state index contributed by atoms with van der Waals surface area (Å²) in [6.45, 7) is 4.79. The summed E-state index contributed by atoms with van der Waals surface area (Å²) >= 11 is 4.44. The zero-order valence-electron chi connectivity index (χ0n) is 31.7. The van der Waals surface area contributed by atoms with Gasteiger partial charge in [-0.3, -0.25) is 24.3 Å². The number of rotatable bonds is 13. The first-order chi connectivity index (χ1) is 26.7. The van der Waals surface area contributed by atoms with Gasteiger partial charge in [0.15, 0.2) is 0 Å². The average molecular weight is 765 g/mol. The van der Waals surface area contributed by atoms with Crippen LogP contribution in [0, 0.1) is 5.41 Å². The number of likely N-dealkylation sites (tertiary alicyclic amines) is 1. The van der Waals surface area contributed by atoms with Crippen LogP contribution in [0.4, 0.5) is 5.69 Å². The van der Waals surface area contributed by atoms with Crippen molar-refractivity contribution in [2.24, 2.45) is 5.41 Å². The SMILES string of the molecule is CNC(=O)C(CCC=O)N1Cc2ccc(N3CC4(CCN(Cc5c(OC)cc(-c6cn(CS)c(=O)c7cnc(C8CC8)cc67)cc5OC)CC4)C3)cc2C1=O. The Morgan fingerprint density at radius 1 is 1.04 bits per heavy atom. The van der Waals surface area contributed by atoms with Crippen molar-refractivity contribution in [3.63, 3.8) is 0 Å². The van der Waals surface area contributed by atoms with E-state index in [2.05, 4.69) is 57.0 Å². The van der Waals surface area contributed by atoms with Crippen LogP contribution in [0.15, 0.2) is 53.6 Å². The van der Waals surface area contributed by atoms with Gasteiger partial charge in [-0.25, -0.2) is 0 Å². The van der Waals surface area contributed by atoms with E-state index in [0.29, 0.717) is 36.4 Å². The quantitative estimate of drug-likeness (QED) is 0.143. The molecule has 1 saturated carbocycles. The Kier molecular flexibility index (Phi) is 10.1. The topological polar surface area (TPSA) is 126 Å². The first-order valence-corrected chi connectivity index (χ1v) is 19.8. The number of nitrogens with one attached hydrogen (secondary N) is 1. The second-order valence-corrected chi connectivity index (χ2v) is 15.8. The molecule has 0 radical (unpaired) electrons. The van der Waals surface area contributed by atoms with Crippen molar-refractivity contribution < 1.29 is 23.9 Å². The first kappa shape index (κ1) is 37.1. The number of carbonyl (C=O) groups is 3. The van der Waals surface area contributed by atoms with E-state index in [1.165, 1.54) is 0 Å². The number of likely N-dealkylation sites (N-methyl/N-ethyl adjacent to an activating group) is 1. The zero-order chi connectivity index (χ0) is 38.4. The highest BCUT2D eigenvalue weighted by Crippen LogP contribution is 2.45. The van der Waals surface area contributed by atoms with E-state index in [1.54, 1.807) is 36.9 Å². The lowest BCUT2D eigenvalue weighted by Crippen LogP contribution is -2.60. The molecule has 2 aromatic heterocycles. The van der Waals surface area contributed by atoms with Crippen LogP contribution in [0.2, 0.25) is 0 Å². The molecule has 2 saturated heterocycles. The number of amides is 2. The number of thiol groups is 1. The van der Waals surface area contributed by atoms with Gasteiger partial charge < -0.3 is 34.0 Å². The first-order valence-electron chi connectivity index (χ1n) is 19.2. The van der Waals surface area contributed by atoms with E-state index in [9.17, 15) is 19.2 Å². The Balaban J connectivity index is 0.950. The second-order valence-electron chi connectivity index (χ2n) is 15.5. The van der Waals surface area contributed by atoms with Crippen LogP contribution in [-0.4, -0.2) is 90.9 Å². The van der Waals surface area contributed by atoms with Crippen LogP contribution in [0.3, 0.4) is 0 Å². The summed E-state index contributed by atoms with van der Waals surface area (Å²) in [4.78, 5) is 61.4. The van der Waals surface area contributed by atoms with Crippen LogP contribution in [0.5, 0.6) is 11.5 Å². The number of fused-ring (bicyclic) bond motifs is 2. The van der Waals surface area contributed by atoms with Gasteiger partial charge in [-0.2, -0.15) is 12.6 Å². The molecule has 8 rings (SSSR count). The van der Waals surface area contributed by atoms with Gasteiger partial charge in [-0.1, -0.05) is 6.07 Å². The molecule has 1 unspecified atom stereocenters. The number of pyridine rings is 2. The van der Waals surface area contributed by atoms with Crippen molar-refractivity contribution in [1.82, 2.24) is 24.7 Å². The third-order valence-electron chi connectivity index (χ3n) is 12.2. The van der Waals surface area contributed by atoms with Crippen LogP contribution in [0.1, 0.15) is 71.6 Å². The van der Waals surface area contributed by atoms with Gasteiger partial charge >= 0.3 is 0 Å². The summed E-state index contributed by atoms with van der Waals surface area (Å²) in [5.41, 5.74) is 6.53. The normalized spacial score (nSPS) is 18.3. The second kappa shape index (κ2) is 15.0. The molecule has 288 valence electrons. The molecule has 13 heteroatoms. The minimum Gasteiger partial charge on any atom is -0.496 e. The van der Waals surface area contributed by atoms with Crippen molar-refractivity contribution in [2.75, 3.05) is 52.3 Å². The lowest BCUT2D eigenvalue weighted by Gasteiger charge is -2.55. The van der Waals surface area contributed by atoms with Gasteiger partial charge in [0.05, 0.1) is 31.0 Å². The molecule has 2 aromatic carbocycles. The van der Waals surface area contributed by atoms with E-state index >= 15 is 0 Å². The van der Waals surface area contributed by atoms with Gasteiger partial charge in [-0.15, -0.1) is 0 Å². The Hall–Kier alpha value is -4.88. The third kappa shape index (κ3) is 6.86.